The van der Waals surface area contributed by atoms with Crippen LogP contribution in [0.25, 0.3) is 0 Å². The Hall–Kier alpha value is -1.62. The largest absolute Gasteiger partial charge is 0.469 e. The van der Waals surface area contributed by atoms with Gasteiger partial charge in [0.2, 0.25) is 0 Å². The van der Waals surface area contributed by atoms with Gasteiger partial charge in [0, 0.05) is 31.5 Å². The molecule has 0 bridgehead atoms. The number of nitrogens with one attached hydrogen (secondary N) is 1. The molecule has 0 radical (unpaired) electrons. The Kier molecular flexibility index (Phi) is 4.74. The summed E-state index contributed by atoms with van der Waals surface area (Å²) >= 11 is 0. The fourth-order valence-electron chi connectivity index (χ4n) is 2.44. The molecule has 1 aromatic rings. The zero-order valence-corrected chi connectivity index (χ0v) is 11.6. The maximum atomic E-state index is 11.5. The molecular weight excluding hydrogens is 242 g/mol. The second-order valence-corrected chi connectivity index (χ2v) is 4.81. The predicted octanol–water partition coefficient (Wildman–Crippen LogP) is 1.51. The lowest BCUT2D eigenvalue weighted by Crippen LogP contribution is -2.24. The van der Waals surface area contributed by atoms with E-state index in [-0.39, 0.29) is 11.9 Å². The second kappa shape index (κ2) is 6.52. The summed E-state index contributed by atoms with van der Waals surface area (Å²) in [7, 11) is 1.45. The number of aromatic nitrogens is 1. The smallest absolute Gasteiger partial charge is 0.310 e. The zero-order valence-electron chi connectivity index (χ0n) is 11.6. The fraction of sp³-hybridized carbons (Fsp3) is 0.571. The molecular formula is C14H21N3O2. The lowest BCUT2D eigenvalue weighted by molar-refractivity contribution is -0.144. The fourth-order valence-corrected chi connectivity index (χ4v) is 2.44. The number of anilines is 1. The van der Waals surface area contributed by atoms with Crippen LogP contribution in [-0.4, -0.2) is 42.6 Å². The van der Waals surface area contributed by atoms with Crippen LogP contribution in [0.1, 0.15) is 19.0 Å². The molecule has 0 saturated carbocycles. The number of likely N-dealkylation sites (tertiary alicyclic amines) is 1. The van der Waals surface area contributed by atoms with Gasteiger partial charge in [-0.1, -0.05) is 0 Å². The Balaban J connectivity index is 1.91. The van der Waals surface area contributed by atoms with Gasteiger partial charge in [-0.3, -0.25) is 14.7 Å². The molecule has 19 heavy (non-hydrogen) atoms. The van der Waals surface area contributed by atoms with Crippen LogP contribution >= 0.6 is 0 Å². The van der Waals surface area contributed by atoms with Gasteiger partial charge < -0.3 is 10.1 Å². The van der Waals surface area contributed by atoms with Crippen molar-refractivity contribution in [1.29, 1.82) is 0 Å². The number of pyridine rings is 1. The summed E-state index contributed by atoms with van der Waals surface area (Å²) < 4.78 is 4.79. The first-order valence-electron chi connectivity index (χ1n) is 6.72. The van der Waals surface area contributed by atoms with E-state index in [1.165, 1.54) is 7.11 Å². The number of rotatable bonds is 5. The summed E-state index contributed by atoms with van der Waals surface area (Å²) in [6, 6.07) is 4.03. The van der Waals surface area contributed by atoms with E-state index in [2.05, 4.69) is 28.2 Å². The van der Waals surface area contributed by atoms with Crippen molar-refractivity contribution < 1.29 is 9.53 Å². The van der Waals surface area contributed by atoms with E-state index in [1.807, 2.05) is 12.3 Å². The molecule has 5 heteroatoms. The van der Waals surface area contributed by atoms with E-state index in [9.17, 15) is 4.79 Å². The van der Waals surface area contributed by atoms with Gasteiger partial charge in [0.05, 0.1) is 18.7 Å². The van der Waals surface area contributed by atoms with Crippen LogP contribution in [0, 0.1) is 5.92 Å². The zero-order chi connectivity index (χ0) is 13.7. The SMILES string of the molecule is CCNc1ccnc(CN2CCC(C(=O)OC)C2)c1. The third-order valence-corrected chi connectivity index (χ3v) is 3.39. The molecule has 2 rings (SSSR count). The minimum absolute atomic E-state index is 0.0157. The molecule has 0 amide bonds. The van der Waals surface area contributed by atoms with E-state index in [4.69, 9.17) is 4.74 Å². The highest BCUT2D eigenvalue weighted by atomic mass is 16.5. The predicted molar refractivity (Wildman–Crippen MR) is 73.8 cm³/mol. The number of nitrogens with zero attached hydrogens (tertiary/aromatic N) is 2. The van der Waals surface area contributed by atoms with E-state index < -0.39 is 0 Å². The van der Waals surface area contributed by atoms with E-state index in [0.29, 0.717) is 0 Å². The standard InChI is InChI=1S/C14H21N3O2/c1-3-15-12-4-6-16-13(8-12)10-17-7-5-11(9-17)14(18)19-2/h4,6,8,11H,3,5,7,9-10H2,1-2H3,(H,15,16). The van der Waals surface area contributed by atoms with Crippen LogP contribution in [0.15, 0.2) is 18.3 Å². The Labute approximate surface area is 114 Å². The lowest BCUT2D eigenvalue weighted by atomic mass is 10.1. The normalized spacial score (nSPS) is 19.4. The molecule has 0 spiro atoms. The molecule has 2 heterocycles. The quantitative estimate of drug-likeness (QED) is 0.816. The lowest BCUT2D eigenvalue weighted by Gasteiger charge is -2.15. The van der Waals surface area contributed by atoms with Crippen molar-refractivity contribution in [2.75, 3.05) is 32.1 Å². The topological polar surface area (TPSA) is 54.5 Å². The number of esters is 1. The molecule has 1 unspecified atom stereocenters. The number of carbonyl (C=O) groups excluding carboxylic acids is 1. The highest BCUT2D eigenvalue weighted by Crippen LogP contribution is 2.20. The maximum absolute atomic E-state index is 11.5. The van der Waals surface area contributed by atoms with Crippen molar-refractivity contribution in [2.45, 2.75) is 19.9 Å². The number of methoxy groups -OCH3 is 1. The van der Waals surface area contributed by atoms with Crippen LogP contribution in [0.5, 0.6) is 0 Å². The molecule has 1 atom stereocenters. The maximum Gasteiger partial charge on any atom is 0.310 e. The number of hydrogen-bond donors (Lipinski definition) is 1. The second-order valence-electron chi connectivity index (χ2n) is 4.81. The molecule has 104 valence electrons. The molecule has 1 fully saturated rings. The number of ether oxygens (including phenoxy) is 1. The highest BCUT2D eigenvalue weighted by Gasteiger charge is 2.28. The van der Waals surface area contributed by atoms with Crippen molar-refractivity contribution >= 4 is 11.7 Å². The molecule has 1 saturated heterocycles. The van der Waals surface area contributed by atoms with E-state index in [1.54, 1.807) is 0 Å². The van der Waals surface area contributed by atoms with Crippen molar-refractivity contribution in [3.63, 3.8) is 0 Å². The third kappa shape index (κ3) is 3.67. The monoisotopic (exact) mass is 263 g/mol. The first-order valence-corrected chi connectivity index (χ1v) is 6.72. The first kappa shape index (κ1) is 13.8. The average Bonchev–Trinajstić information content (AvgIpc) is 2.87. The highest BCUT2D eigenvalue weighted by molar-refractivity contribution is 5.72. The molecule has 5 nitrogen and oxygen atoms in total. The Morgan fingerprint density at radius 2 is 2.47 bits per heavy atom. The van der Waals surface area contributed by atoms with Gasteiger partial charge in [0.15, 0.2) is 0 Å². The van der Waals surface area contributed by atoms with Gasteiger partial charge in [-0.15, -0.1) is 0 Å². The Bertz CT molecular complexity index is 436. The molecule has 1 aliphatic heterocycles. The average molecular weight is 263 g/mol. The number of carbonyl (C=O) groups is 1. The summed E-state index contributed by atoms with van der Waals surface area (Å²) in [4.78, 5) is 18.1. The summed E-state index contributed by atoms with van der Waals surface area (Å²) in [5.74, 6) is -0.0844. The Morgan fingerprint density at radius 1 is 1.63 bits per heavy atom. The van der Waals surface area contributed by atoms with Crippen LogP contribution in [-0.2, 0) is 16.1 Å². The van der Waals surface area contributed by atoms with Gasteiger partial charge in [0.25, 0.3) is 0 Å². The molecule has 1 aromatic heterocycles. The summed E-state index contributed by atoms with van der Waals surface area (Å²) in [5.41, 5.74) is 2.13. The molecule has 1 N–H and O–H groups in total. The van der Waals surface area contributed by atoms with Crippen molar-refractivity contribution in [3.8, 4) is 0 Å². The number of hydrogen-bond acceptors (Lipinski definition) is 5. The van der Waals surface area contributed by atoms with Crippen LogP contribution < -0.4 is 5.32 Å². The summed E-state index contributed by atoms with van der Waals surface area (Å²) in [6.07, 6.45) is 2.70. The van der Waals surface area contributed by atoms with Gasteiger partial charge in [-0.05, 0) is 32.0 Å². The van der Waals surface area contributed by atoms with Crippen LogP contribution in [0.2, 0.25) is 0 Å². The Morgan fingerprint density at radius 3 is 3.21 bits per heavy atom. The van der Waals surface area contributed by atoms with Crippen LogP contribution in [0.4, 0.5) is 5.69 Å². The van der Waals surface area contributed by atoms with Crippen molar-refractivity contribution in [2.24, 2.45) is 5.92 Å². The summed E-state index contributed by atoms with van der Waals surface area (Å²) in [6.45, 7) is 5.44. The first-order chi connectivity index (χ1) is 9.22. The molecule has 0 aliphatic carbocycles. The minimum atomic E-state index is -0.100. The van der Waals surface area contributed by atoms with Crippen molar-refractivity contribution in [3.05, 3.63) is 24.0 Å². The van der Waals surface area contributed by atoms with Gasteiger partial charge >= 0.3 is 5.97 Å². The molecule has 1 aliphatic rings. The molecule has 0 aromatic carbocycles. The van der Waals surface area contributed by atoms with E-state index in [0.717, 1.165) is 44.0 Å². The van der Waals surface area contributed by atoms with Crippen LogP contribution in [0.3, 0.4) is 0 Å². The van der Waals surface area contributed by atoms with Gasteiger partial charge in [-0.2, -0.15) is 0 Å². The van der Waals surface area contributed by atoms with Gasteiger partial charge in [-0.25, -0.2) is 0 Å². The van der Waals surface area contributed by atoms with E-state index >= 15 is 0 Å². The minimum Gasteiger partial charge on any atom is -0.469 e. The third-order valence-electron chi connectivity index (χ3n) is 3.39. The summed E-state index contributed by atoms with van der Waals surface area (Å²) in [5, 5.41) is 3.28. The van der Waals surface area contributed by atoms with Crippen molar-refractivity contribution in [1.82, 2.24) is 9.88 Å². The van der Waals surface area contributed by atoms with Gasteiger partial charge in [0.1, 0.15) is 0 Å².